The summed E-state index contributed by atoms with van der Waals surface area (Å²) < 4.78 is 18.7. The van der Waals surface area contributed by atoms with Gasteiger partial charge >= 0.3 is 0 Å². The van der Waals surface area contributed by atoms with Gasteiger partial charge in [-0.15, -0.1) is 0 Å². The SMILES string of the molecule is CCOc1ccc(N2C(=O)C(Nc3ccc(F)cc3)=C(Sc3ccccc3)C2=O)cc1. The van der Waals surface area contributed by atoms with Gasteiger partial charge in [-0.2, -0.15) is 0 Å². The van der Waals surface area contributed by atoms with Crippen molar-refractivity contribution in [3.63, 3.8) is 0 Å². The molecule has 0 aromatic heterocycles. The van der Waals surface area contributed by atoms with E-state index < -0.39 is 11.8 Å². The summed E-state index contributed by atoms with van der Waals surface area (Å²) in [6.07, 6.45) is 0. The summed E-state index contributed by atoms with van der Waals surface area (Å²) in [7, 11) is 0. The van der Waals surface area contributed by atoms with Crippen molar-refractivity contribution < 1.29 is 18.7 Å². The molecular weight excluding hydrogens is 415 g/mol. The number of imide groups is 1. The van der Waals surface area contributed by atoms with Crippen LogP contribution in [-0.2, 0) is 9.59 Å². The number of anilines is 2. The molecule has 0 radical (unpaired) electrons. The number of carbonyl (C=O) groups is 2. The fraction of sp³-hybridized carbons (Fsp3) is 0.0833. The van der Waals surface area contributed by atoms with Gasteiger partial charge in [0, 0.05) is 10.6 Å². The number of halogens is 1. The Bertz CT molecular complexity index is 1130. The van der Waals surface area contributed by atoms with Gasteiger partial charge in [-0.05, 0) is 67.6 Å². The summed E-state index contributed by atoms with van der Waals surface area (Å²) in [6.45, 7) is 2.40. The van der Waals surface area contributed by atoms with Gasteiger partial charge in [0.15, 0.2) is 0 Å². The number of hydrogen-bond donors (Lipinski definition) is 1. The molecule has 0 bridgehead atoms. The molecule has 0 spiro atoms. The average Bonchev–Trinajstić information content (AvgIpc) is 3.01. The van der Waals surface area contributed by atoms with E-state index in [2.05, 4.69) is 5.32 Å². The van der Waals surface area contributed by atoms with E-state index in [4.69, 9.17) is 4.74 Å². The van der Waals surface area contributed by atoms with Crippen molar-refractivity contribution in [3.05, 3.63) is 95.3 Å². The Morgan fingerprint density at radius 2 is 1.58 bits per heavy atom. The van der Waals surface area contributed by atoms with Crippen LogP contribution < -0.4 is 15.0 Å². The second-order valence-corrected chi connectivity index (χ2v) is 7.71. The third-order valence-electron chi connectivity index (χ3n) is 4.52. The van der Waals surface area contributed by atoms with Gasteiger partial charge < -0.3 is 10.1 Å². The van der Waals surface area contributed by atoms with E-state index in [1.54, 1.807) is 24.3 Å². The lowest BCUT2D eigenvalue weighted by Gasteiger charge is -2.16. The van der Waals surface area contributed by atoms with Crippen LogP contribution in [0.3, 0.4) is 0 Å². The van der Waals surface area contributed by atoms with E-state index in [1.807, 2.05) is 37.3 Å². The van der Waals surface area contributed by atoms with Gasteiger partial charge in [0.05, 0.1) is 12.3 Å². The van der Waals surface area contributed by atoms with Gasteiger partial charge in [0.2, 0.25) is 0 Å². The fourth-order valence-electron chi connectivity index (χ4n) is 3.09. The van der Waals surface area contributed by atoms with Crippen LogP contribution in [0.5, 0.6) is 5.75 Å². The molecule has 7 heteroatoms. The maximum atomic E-state index is 13.3. The highest BCUT2D eigenvalue weighted by molar-refractivity contribution is 8.04. The minimum absolute atomic E-state index is 0.152. The molecule has 0 saturated heterocycles. The molecule has 31 heavy (non-hydrogen) atoms. The first-order chi connectivity index (χ1) is 15.1. The molecular formula is C24H19FN2O3S. The first-order valence-electron chi connectivity index (χ1n) is 9.68. The maximum absolute atomic E-state index is 13.3. The summed E-state index contributed by atoms with van der Waals surface area (Å²) in [5, 5.41) is 3.01. The molecule has 3 aromatic rings. The van der Waals surface area contributed by atoms with E-state index in [0.717, 1.165) is 9.80 Å². The molecule has 0 aliphatic carbocycles. The Morgan fingerprint density at radius 1 is 0.903 bits per heavy atom. The lowest BCUT2D eigenvalue weighted by atomic mass is 10.2. The van der Waals surface area contributed by atoms with Gasteiger partial charge in [-0.1, -0.05) is 30.0 Å². The minimum Gasteiger partial charge on any atom is -0.494 e. The van der Waals surface area contributed by atoms with E-state index in [0.29, 0.717) is 23.7 Å². The number of nitrogens with zero attached hydrogens (tertiary/aromatic N) is 1. The number of nitrogens with one attached hydrogen (secondary N) is 1. The third-order valence-corrected chi connectivity index (χ3v) is 5.61. The first-order valence-corrected chi connectivity index (χ1v) is 10.5. The van der Waals surface area contributed by atoms with Crippen molar-refractivity contribution in [3.8, 4) is 5.75 Å². The quantitative estimate of drug-likeness (QED) is 0.517. The van der Waals surface area contributed by atoms with Crippen molar-refractivity contribution in [1.82, 2.24) is 0 Å². The molecule has 3 aromatic carbocycles. The van der Waals surface area contributed by atoms with Crippen LogP contribution in [0.1, 0.15) is 6.92 Å². The predicted molar refractivity (Wildman–Crippen MR) is 119 cm³/mol. The average molecular weight is 434 g/mol. The van der Waals surface area contributed by atoms with Crippen molar-refractivity contribution in [2.24, 2.45) is 0 Å². The number of carbonyl (C=O) groups excluding carboxylic acids is 2. The van der Waals surface area contributed by atoms with Crippen molar-refractivity contribution >= 4 is 35.0 Å². The Kier molecular flexibility index (Phi) is 6.04. The minimum atomic E-state index is -0.475. The maximum Gasteiger partial charge on any atom is 0.283 e. The number of thioether (sulfide) groups is 1. The molecule has 2 amide bonds. The van der Waals surface area contributed by atoms with Crippen LogP contribution in [0, 0.1) is 5.82 Å². The number of ether oxygens (including phenoxy) is 1. The zero-order valence-electron chi connectivity index (χ0n) is 16.7. The van der Waals surface area contributed by atoms with Crippen LogP contribution in [-0.4, -0.2) is 18.4 Å². The molecule has 0 atom stereocenters. The summed E-state index contributed by atoms with van der Waals surface area (Å²) in [4.78, 5) is 28.8. The smallest absolute Gasteiger partial charge is 0.283 e. The summed E-state index contributed by atoms with van der Waals surface area (Å²) in [5.74, 6) is -0.630. The highest BCUT2D eigenvalue weighted by Crippen LogP contribution is 2.38. The van der Waals surface area contributed by atoms with Gasteiger partial charge in [-0.25, -0.2) is 9.29 Å². The van der Waals surface area contributed by atoms with Gasteiger partial charge in [0.25, 0.3) is 11.8 Å². The van der Waals surface area contributed by atoms with Gasteiger partial charge in [-0.3, -0.25) is 9.59 Å². The topological polar surface area (TPSA) is 58.6 Å². The molecule has 4 rings (SSSR count). The second-order valence-electron chi connectivity index (χ2n) is 6.62. The first kappa shape index (κ1) is 20.7. The van der Waals surface area contributed by atoms with E-state index in [9.17, 15) is 14.0 Å². The standard InChI is InChI=1S/C24H19FN2O3S/c1-2-30-19-14-12-18(13-15-19)27-23(28)21(26-17-10-8-16(25)9-11-17)22(24(27)29)31-20-6-4-3-5-7-20/h3-15,26H,2H2,1H3. The molecule has 1 N–H and O–H groups in total. The fourth-order valence-corrected chi connectivity index (χ4v) is 4.04. The van der Waals surface area contributed by atoms with Crippen LogP contribution in [0.2, 0.25) is 0 Å². The number of amides is 2. The Hall–Kier alpha value is -3.58. The molecule has 156 valence electrons. The molecule has 0 fully saturated rings. The third kappa shape index (κ3) is 4.46. The highest BCUT2D eigenvalue weighted by Gasteiger charge is 2.40. The number of hydrogen-bond acceptors (Lipinski definition) is 5. The van der Waals surface area contributed by atoms with E-state index in [1.165, 1.54) is 36.0 Å². The van der Waals surface area contributed by atoms with Crippen LogP contribution in [0.15, 0.2) is 94.4 Å². The molecule has 1 aliphatic rings. The monoisotopic (exact) mass is 434 g/mol. The zero-order valence-corrected chi connectivity index (χ0v) is 17.5. The summed E-state index contributed by atoms with van der Waals surface area (Å²) >= 11 is 1.21. The lowest BCUT2D eigenvalue weighted by Crippen LogP contribution is -2.32. The molecule has 5 nitrogen and oxygen atoms in total. The van der Waals surface area contributed by atoms with Crippen molar-refractivity contribution in [2.45, 2.75) is 11.8 Å². The summed E-state index contributed by atoms with van der Waals surface area (Å²) in [6, 6.07) is 21.7. The Morgan fingerprint density at radius 3 is 2.23 bits per heavy atom. The van der Waals surface area contributed by atoms with E-state index >= 15 is 0 Å². The van der Waals surface area contributed by atoms with Crippen LogP contribution in [0.25, 0.3) is 0 Å². The Balaban J connectivity index is 1.69. The molecule has 0 unspecified atom stereocenters. The van der Waals surface area contributed by atoms with Crippen molar-refractivity contribution in [1.29, 1.82) is 0 Å². The molecule has 1 aliphatic heterocycles. The number of rotatable bonds is 7. The molecule has 0 saturated carbocycles. The number of benzene rings is 3. The molecule has 1 heterocycles. The van der Waals surface area contributed by atoms with Crippen LogP contribution in [0.4, 0.5) is 15.8 Å². The normalized spacial score (nSPS) is 13.7. The summed E-state index contributed by atoms with van der Waals surface area (Å²) in [5.41, 5.74) is 1.11. The van der Waals surface area contributed by atoms with Gasteiger partial charge in [0.1, 0.15) is 22.2 Å². The lowest BCUT2D eigenvalue weighted by molar-refractivity contribution is -0.120. The largest absolute Gasteiger partial charge is 0.494 e. The Labute approximate surface area is 183 Å². The van der Waals surface area contributed by atoms with E-state index in [-0.39, 0.29) is 16.4 Å². The second kappa shape index (κ2) is 9.06. The zero-order chi connectivity index (χ0) is 21.8. The van der Waals surface area contributed by atoms with Crippen LogP contribution >= 0.6 is 11.8 Å². The van der Waals surface area contributed by atoms with Crippen molar-refractivity contribution in [2.75, 3.05) is 16.8 Å². The predicted octanol–water partition coefficient (Wildman–Crippen LogP) is 5.21. The highest BCUT2D eigenvalue weighted by atomic mass is 32.2.